The summed E-state index contributed by atoms with van der Waals surface area (Å²) in [6, 6.07) is 16.3. The summed E-state index contributed by atoms with van der Waals surface area (Å²) in [5, 5.41) is 6.62. The van der Waals surface area contributed by atoms with Crippen molar-refractivity contribution in [3.8, 4) is 0 Å². The second-order valence-electron chi connectivity index (χ2n) is 16.4. The molecule has 6 heterocycles. The molecule has 3 saturated heterocycles. The summed E-state index contributed by atoms with van der Waals surface area (Å²) >= 11 is 0. The first-order chi connectivity index (χ1) is 28.5. The second kappa shape index (κ2) is 15.6. The van der Waals surface area contributed by atoms with Crippen molar-refractivity contribution in [1.82, 2.24) is 33.3 Å². The number of fused-ring (bicyclic) bond motifs is 2. The number of nitrogens with zero attached hydrogens (tertiary/aromatic N) is 8. The van der Waals surface area contributed by atoms with E-state index in [0.717, 1.165) is 73.8 Å². The summed E-state index contributed by atoms with van der Waals surface area (Å²) in [5.41, 5.74) is 4.39. The molecule has 0 spiro atoms. The Labute approximate surface area is 342 Å². The molecule has 5 aromatic rings. The number of carbonyl (C=O) groups excluding carboxylic acids is 2. The van der Waals surface area contributed by atoms with Gasteiger partial charge in [0.1, 0.15) is 11.7 Å². The van der Waals surface area contributed by atoms with Gasteiger partial charge in [-0.05, 0) is 86.8 Å². The first-order valence-electron chi connectivity index (χ1n) is 20.8. The fraction of sp³-hybridized carbons (Fsp3) is 0.476. The third-order valence-electron chi connectivity index (χ3n) is 13.0. The highest BCUT2D eigenvalue weighted by molar-refractivity contribution is 7.90. The minimum absolute atomic E-state index is 0.0204. The van der Waals surface area contributed by atoms with Crippen molar-refractivity contribution in [3.05, 3.63) is 87.2 Å². The highest BCUT2D eigenvalue weighted by Gasteiger charge is 2.34. The van der Waals surface area contributed by atoms with Gasteiger partial charge in [0, 0.05) is 82.1 Å². The van der Waals surface area contributed by atoms with Crippen molar-refractivity contribution < 1.29 is 18.0 Å². The maximum absolute atomic E-state index is 14.0. The van der Waals surface area contributed by atoms with E-state index in [2.05, 4.69) is 26.6 Å². The quantitative estimate of drug-likeness (QED) is 0.205. The number of hydrogen-bond donors (Lipinski definition) is 2. The van der Waals surface area contributed by atoms with Gasteiger partial charge in [-0.15, -0.1) is 0 Å². The van der Waals surface area contributed by atoms with E-state index in [9.17, 15) is 27.6 Å². The topological polar surface area (TPSA) is 177 Å². The highest BCUT2D eigenvalue weighted by atomic mass is 32.2. The lowest BCUT2D eigenvalue weighted by molar-refractivity contribution is -0.135. The van der Waals surface area contributed by atoms with Crippen molar-refractivity contribution in [2.45, 2.75) is 88.3 Å². The number of nitrogens with one attached hydrogen (secondary N) is 2. The summed E-state index contributed by atoms with van der Waals surface area (Å²) in [6.07, 6.45) is 9.16. The molecule has 1 atom stereocenters. The lowest BCUT2D eigenvalue weighted by Gasteiger charge is -2.36. The molecule has 4 aliphatic rings. The van der Waals surface area contributed by atoms with Gasteiger partial charge in [0.2, 0.25) is 17.8 Å². The number of para-hydroxylation sites is 1. The molecule has 4 fully saturated rings. The molecular formula is C42H50N10O6S. The Morgan fingerprint density at radius 2 is 1.59 bits per heavy atom. The normalized spacial score (nSPS) is 20.4. The van der Waals surface area contributed by atoms with Crippen LogP contribution in [0.5, 0.6) is 0 Å². The van der Waals surface area contributed by atoms with Crippen LogP contribution in [0.4, 0.5) is 17.3 Å². The fourth-order valence-corrected chi connectivity index (χ4v) is 11.1. The molecule has 2 aromatic carbocycles. The van der Waals surface area contributed by atoms with E-state index in [4.69, 9.17) is 4.98 Å². The van der Waals surface area contributed by atoms with E-state index in [1.165, 1.54) is 13.2 Å². The molecule has 0 radical (unpaired) electrons. The van der Waals surface area contributed by atoms with Gasteiger partial charge in [-0.25, -0.2) is 9.78 Å². The van der Waals surface area contributed by atoms with E-state index in [-0.39, 0.29) is 48.0 Å². The molecule has 9 rings (SSSR count). The smallest absolute Gasteiger partial charge is 0.329 e. The molecule has 310 valence electrons. The summed E-state index contributed by atoms with van der Waals surface area (Å²) in [4.78, 5) is 62.5. The zero-order valence-corrected chi connectivity index (χ0v) is 34.2. The molecule has 1 aliphatic carbocycles. The Hall–Kier alpha value is -5.55. The molecule has 17 heteroatoms. The van der Waals surface area contributed by atoms with Crippen LogP contribution in [0.2, 0.25) is 0 Å². The lowest BCUT2D eigenvalue weighted by atomic mass is 9.88. The van der Waals surface area contributed by atoms with Crippen molar-refractivity contribution in [2.75, 3.05) is 47.7 Å². The minimum atomic E-state index is -3.81. The standard InChI is InChI=1S/C42H50N10O6S/c1-47-38-33(11-6-12-34(38)52(42(47)56)35-14-15-36(53)45-40(35)55)27-17-21-49(22-18-27)32-10-5-9-31(25-32)48(2)59(57,58)50-23-19-29(20-24-50)44-41-43-26-28-13-16-37(54)51(39(28)46-41)30-7-3-4-8-30/h5-6,9-13,16,25-27,29-30,35H,3-4,7-8,14-15,17-24H2,1-2H3,(H,43,44,46)(H,45,53,55). The monoisotopic (exact) mass is 822 g/mol. The molecule has 2 amide bonds. The van der Waals surface area contributed by atoms with Gasteiger partial charge in [0.25, 0.3) is 5.56 Å². The van der Waals surface area contributed by atoms with Crippen LogP contribution in [0.1, 0.15) is 87.8 Å². The van der Waals surface area contributed by atoms with Crippen LogP contribution in [0.15, 0.2) is 70.4 Å². The molecule has 3 aliphatic heterocycles. The number of rotatable bonds is 9. The Morgan fingerprint density at radius 3 is 2.34 bits per heavy atom. The summed E-state index contributed by atoms with van der Waals surface area (Å²) < 4.78 is 35.8. The van der Waals surface area contributed by atoms with Crippen LogP contribution in [0.25, 0.3) is 22.1 Å². The molecule has 1 unspecified atom stereocenters. The lowest BCUT2D eigenvalue weighted by Crippen LogP contribution is -2.48. The number of amides is 2. The molecule has 16 nitrogen and oxygen atoms in total. The number of benzene rings is 2. The highest BCUT2D eigenvalue weighted by Crippen LogP contribution is 2.37. The predicted molar refractivity (Wildman–Crippen MR) is 226 cm³/mol. The number of anilines is 3. The number of carbonyl (C=O) groups is 2. The maximum atomic E-state index is 14.0. The van der Waals surface area contributed by atoms with Gasteiger partial charge < -0.3 is 10.2 Å². The fourth-order valence-electron chi connectivity index (χ4n) is 9.71. The van der Waals surface area contributed by atoms with Crippen LogP contribution in [0.3, 0.4) is 0 Å². The van der Waals surface area contributed by atoms with E-state index in [1.807, 2.05) is 41.0 Å². The molecule has 59 heavy (non-hydrogen) atoms. The summed E-state index contributed by atoms with van der Waals surface area (Å²) in [7, 11) is -0.478. The first-order valence-corrected chi connectivity index (χ1v) is 22.1. The minimum Gasteiger partial charge on any atom is -0.371 e. The Morgan fingerprint density at radius 1 is 0.847 bits per heavy atom. The van der Waals surface area contributed by atoms with E-state index in [1.54, 1.807) is 37.0 Å². The predicted octanol–water partition coefficient (Wildman–Crippen LogP) is 4.18. The number of aryl methyl sites for hydroxylation is 1. The number of imidazole rings is 1. The SMILES string of the molecule is CN(c1cccc(N2CCC(c3cccc4c3n(C)c(=O)n4C3CCC(=O)NC3=O)CC2)c1)S(=O)(=O)N1CCC(Nc2ncc3ccc(=O)n(C4CCCC4)c3n2)CC1. The van der Waals surface area contributed by atoms with E-state index < -0.39 is 22.2 Å². The van der Waals surface area contributed by atoms with Gasteiger partial charge in [-0.3, -0.25) is 37.7 Å². The van der Waals surface area contributed by atoms with Crippen LogP contribution >= 0.6 is 0 Å². The zero-order valence-electron chi connectivity index (χ0n) is 33.4. The molecule has 1 saturated carbocycles. The third kappa shape index (κ3) is 7.17. The van der Waals surface area contributed by atoms with E-state index >= 15 is 0 Å². The largest absolute Gasteiger partial charge is 0.371 e. The van der Waals surface area contributed by atoms with Crippen molar-refractivity contribution in [3.63, 3.8) is 0 Å². The number of aromatic nitrogens is 5. The number of hydrogen-bond acceptors (Lipinski definition) is 10. The Bertz CT molecular complexity index is 2670. The Kier molecular flexibility index (Phi) is 10.3. The number of imide groups is 1. The average Bonchev–Trinajstić information content (AvgIpc) is 3.87. The molecule has 0 bridgehead atoms. The van der Waals surface area contributed by atoms with Crippen LogP contribution in [-0.2, 0) is 26.8 Å². The molecular weight excluding hydrogens is 773 g/mol. The van der Waals surface area contributed by atoms with Crippen LogP contribution in [-0.4, -0.2) is 87.5 Å². The molecule has 2 N–H and O–H groups in total. The second-order valence-corrected chi connectivity index (χ2v) is 18.4. The third-order valence-corrected chi connectivity index (χ3v) is 14.9. The first kappa shape index (κ1) is 38.9. The van der Waals surface area contributed by atoms with Gasteiger partial charge in [0.15, 0.2) is 0 Å². The van der Waals surface area contributed by atoms with Crippen molar-refractivity contribution >= 4 is 61.4 Å². The maximum Gasteiger partial charge on any atom is 0.329 e. The van der Waals surface area contributed by atoms with Crippen molar-refractivity contribution in [1.29, 1.82) is 0 Å². The van der Waals surface area contributed by atoms with Gasteiger partial charge in [0.05, 0.1) is 16.7 Å². The van der Waals surface area contributed by atoms with Crippen LogP contribution < -0.4 is 31.1 Å². The Balaban J connectivity index is 0.840. The number of pyridine rings is 1. The molecule has 3 aromatic heterocycles. The average molecular weight is 823 g/mol. The number of piperidine rings is 3. The van der Waals surface area contributed by atoms with Crippen LogP contribution in [0, 0.1) is 0 Å². The van der Waals surface area contributed by atoms with Crippen molar-refractivity contribution in [2.24, 2.45) is 7.05 Å². The van der Waals surface area contributed by atoms with Gasteiger partial charge in [-0.1, -0.05) is 31.0 Å². The van der Waals surface area contributed by atoms with Gasteiger partial charge >= 0.3 is 15.9 Å². The summed E-state index contributed by atoms with van der Waals surface area (Å²) in [6.45, 7) is 2.16. The zero-order chi connectivity index (χ0) is 41.0. The van der Waals surface area contributed by atoms with Gasteiger partial charge in [-0.2, -0.15) is 17.7 Å². The van der Waals surface area contributed by atoms with E-state index in [0.29, 0.717) is 48.7 Å². The summed E-state index contributed by atoms with van der Waals surface area (Å²) in [5.74, 6) is -0.151.